The van der Waals surface area contributed by atoms with Gasteiger partial charge < -0.3 is 4.74 Å². The van der Waals surface area contributed by atoms with Crippen LogP contribution in [0.3, 0.4) is 0 Å². The van der Waals surface area contributed by atoms with E-state index in [0.717, 1.165) is 11.3 Å². The Morgan fingerprint density at radius 3 is 2.56 bits per heavy atom. The topological polar surface area (TPSA) is 63.0 Å². The molecule has 1 unspecified atom stereocenters. The molecule has 134 valence electrons. The van der Waals surface area contributed by atoms with Gasteiger partial charge in [0.2, 0.25) is 0 Å². The van der Waals surface area contributed by atoms with Crippen molar-refractivity contribution in [2.75, 3.05) is 7.11 Å². The summed E-state index contributed by atoms with van der Waals surface area (Å²) >= 11 is 1.27. The monoisotopic (exact) mass is 378 g/mol. The maximum atomic E-state index is 12.9. The Labute approximate surface area is 160 Å². The number of nitrogens with zero attached hydrogens (tertiary/aromatic N) is 2. The zero-order chi connectivity index (χ0) is 19.2. The van der Waals surface area contributed by atoms with Crippen molar-refractivity contribution in [1.82, 2.24) is 4.98 Å². The number of hydrogen-bond donors (Lipinski definition) is 0. The van der Waals surface area contributed by atoms with Gasteiger partial charge >= 0.3 is 0 Å². The van der Waals surface area contributed by atoms with Gasteiger partial charge in [0.1, 0.15) is 16.6 Å². The Balaban J connectivity index is 1.77. The van der Waals surface area contributed by atoms with E-state index in [1.807, 2.05) is 35.7 Å². The van der Waals surface area contributed by atoms with E-state index in [9.17, 15) is 14.4 Å². The zero-order valence-electron chi connectivity index (χ0n) is 14.4. The molecule has 3 aromatic rings. The molecule has 0 fully saturated rings. The van der Waals surface area contributed by atoms with E-state index in [2.05, 4.69) is 4.98 Å². The molecule has 0 saturated carbocycles. The van der Waals surface area contributed by atoms with Crippen LogP contribution in [-0.2, 0) is 4.79 Å². The largest absolute Gasteiger partial charge is 0.497 e. The highest BCUT2D eigenvalue weighted by Gasteiger charge is 2.22. The first-order valence-electron chi connectivity index (χ1n) is 8.07. The van der Waals surface area contributed by atoms with E-state index in [1.54, 1.807) is 25.3 Å². The second-order valence-electron chi connectivity index (χ2n) is 5.65. The Kier molecular flexibility index (Phi) is 5.74. The maximum absolute atomic E-state index is 12.9. The van der Waals surface area contributed by atoms with Gasteiger partial charge in [-0.3, -0.25) is 4.79 Å². The molecule has 2 aromatic carbocycles. The highest BCUT2D eigenvalue weighted by molar-refractivity contribution is 7.10. The van der Waals surface area contributed by atoms with Gasteiger partial charge in [0.15, 0.2) is 11.7 Å². The normalized spacial score (nSPS) is 11.9. The molecule has 0 radical (unpaired) electrons. The Bertz CT molecular complexity index is 1000. The lowest BCUT2D eigenvalue weighted by Crippen LogP contribution is -2.07. The quantitative estimate of drug-likeness (QED) is 0.575. The summed E-state index contributed by atoms with van der Waals surface area (Å²) < 4.78 is 18.1. The fourth-order valence-electron chi connectivity index (χ4n) is 2.40. The van der Waals surface area contributed by atoms with Crippen molar-refractivity contribution in [3.8, 4) is 23.1 Å². The van der Waals surface area contributed by atoms with Crippen LogP contribution in [0, 0.1) is 17.1 Å². The summed E-state index contributed by atoms with van der Waals surface area (Å²) in [5, 5.41) is 11.7. The fourth-order valence-corrected chi connectivity index (χ4v) is 3.28. The molecule has 1 heterocycles. The summed E-state index contributed by atoms with van der Waals surface area (Å²) in [5.74, 6) is -0.941. The molecule has 0 bridgehead atoms. The SMILES string of the molecule is COc1ccc(-c2csc(C(C#N)C(=O)C=Cc3ccc(F)cc3)n2)cc1. The number of halogens is 1. The Morgan fingerprint density at radius 1 is 1.22 bits per heavy atom. The standard InChI is InChI=1S/C21H15FN2O2S/c1-26-17-9-5-15(6-10-17)19-13-27-21(24-19)18(12-23)20(25)11-4-14-2-7-16(22)8-3-14/h2-11,13,18H,1H3. The second-order valence-corrected chi connectivity index (χ2v) is 6.54. The molecule has 3 rings (SSSR count). The predicted molar refractivity (Wildman–Crippen MR) is 103 cm³/mol. The molecule has 0 aliphatic rings. The van der Waals surface area contributed by atoms with Gasteiger partial charge in [-0.2, -0.15) is 5.26 Å². The van der Waals surface area contributed by atoms with Crippen LogP contribution in [-0.4, -0.2) is 17.9 Å². The predicted octanol–water partition coefficient (Wildman–Crippen LogP) is 4.85. The molecule has 0 amide bonds. The summed E-state index contributed by atoms with van der Waals surface area (Å²) in [5.41, 5.74) is 2.26. The van der Waals surface area contributed by atoms with Gasteiger partial charge in [0.25, 0.3) is 0 Å². The van der Waals surface area contributed by atoms with Crippen molar-refractivity contribution in [3.63, 3.8) is 0 Å². The summed E-state index contributed by atoms with van der Waals surface area (Å²) in [4.78, 5) is 16.9. The first kappa shape index (κ1) is 18.5. The summed E-state index contributed by atoms with van der Waals surface area (Å²) in [6.45, 7) is 0. The van der Waals surface area contributed by atoms with E-state index < -0.39 is 5.92 Å². The highest BCUT2D eigenvalue weighted by atomic mass is 32.1. The number of aromatic nitrogens is 1. The van der Waals surface area contributed by atoms with Crippen LogP contribution in [0.5, 0.6) is 5.75 Å². The van der Waals surface area contributed by atoms with Crippen LogP contribution in [0.1, 0.15) is 16.5 Å². The van der Waals surface area contributed by atoms with Crippen LogP contribution in [0.25, 0.3) is 17.3 Å². The van der Waals surface area contributed by atoms with Crippen molar-refractivity contribution in [2.45, 2.75) is 5.92 Å². The number of carbonyl (C=O) groups excluding carboxylic acids is 1. The number of benzene rings is 2. The molecule has 6 heteroatoms. The van der Waals surface area contributed by atoms with Crippen LogP contribution in [0.4, 0.5) is 4.39 Å². The van der Waals surface area contributed by atoms with Crippen molar-refractivity contribution >= 4 is 23.2 Å². The Morgan fingerprint density at radius 2 is 1.93 bits per heavy atom. The smallest absolute Gasteiger partial charge is 0.179 e. The van der Waals surface area contributed by atoms with Crippen LogP contribution >= 0.6 is 11.3 Å². The zero-order valence-corrected chi connectivity index (χ0v) is 15.2. The number of methoxy groups -OCH3 is 1. The number of ether oxygens (including phenoxy) is 1. The molecular formula is C21H15FN2O2S. The molecule has 27 heavy (non-hydrogen) atoms. The number of allylic oxidation sites excluding steroid dienone is 1. The summed E-state index contributed by atoms with van der Waals surface area (Å²) in [7, 11) is 1.60. The molecule has 0 aliphatic heterocycles. The second kappa shape index (κ2) is 8.39. The minimum absolute atomic E-state index is 0.345. The van der Waals surface area contributed by atoms with E-state index >= 15 is 0 Å². The van der Waals surface area contributed by atoms with E-state index in [4.69, 9.17) is 4.74 Å². The van der Waals surface area contributed by atoms with Crippen LogP contribution in [0.15, 0.2) is 60.0 Å². The van der Waals surface area contributed by atoms with Crippen molar-refractivity contribution in [1.29, 1.82) is 5.26 Å². The van der Waals surface area contributed by atoms with Gasteiger partial charge in [-0.05, 0) is 48.0 Å². The number of ketones is 1. The van der Waals surface area contributed by atoms with Crippen molar-refractivity contribution in [2.24, 2.45) is 0 Å². The lowest BCUT2D eigenvalue weighted by molar-refractivity contribution is -0.114. The number of nitriles is 1. The minimum Gasteiger partial charge on any atom is -0.497 e. The van der Waals surface area contributed by atoms with Gasteiger partial charge in [-0.25, -0.2) is 9.37 Å². The molecule has 1 atom stereocenters. The third kappa shape index (κ3) is 4.46. The third-order valence-electron chi connectivity index (χ3n) is 3.88. The lowest BCUT2D eigenvalue weighted by atomic mass is 10.1. The molecule has 0 N–H and O–H groups in total. The number of thiazole rings is 1. The van der Waals surface area contributed by atoms with Gasteiger partial charge in [0, 0.05) is 10.9 Å². The fraction of sp³-hybridized carbons (Fsp3) is 0.0952. The molecule has 0 saturated heterocycles. The van der Waals surface area contributed by atoms with E-state index in [1.165, 1.54) is 29.5 Å². The number of rotatable bonds is 6. The summed E-state index contributed by atoms with van der Waals surface area (Å²) in [6.07, 6.45) is 2.89. The first-order chi connectivity index (χ1) is 13.1. The lowest BCUT2D eigenvalue weighted by Gasteiger charge is -2.02. The average molecular weight is 378 g/mol. The summed E-state index contributed by atoms with van der Waals surface area (Å²) in [6, 6.07) is 15.2. The average Bonchev–Trinajstić information content (AvgIpc) is 3.18. The van der Waals surface area contributed by atoms with Crippen molar-refractivity contribution < 1.29 is 13.9 Å². The Hall–Kier alpha value is -3.30. The van der Waals surface area contributed by atoms with Crippen molar-refractivity contribution in [3.05, 3.63) is 76.4 Å². The van der Waals surface area contributed by atoms with Crippen LogP contribution in [0.2, 0.25) is 0 Å². The number of hydrogen-bond acceptors (Lipinski definition) is 5. The molecule has 0 aliphatic carbocycles. The minimum atomic E-state index is -0.973. The molecule has 0 spiro atoms. The van der Waals surface area contributed by atoms with Crippen LogP contribution < -0.4 is 4.74 Å². The van der Waals surface area contributed by atoms with Gasteiger partial charge in [0.05, 0.1) is 18.9 Å². The van der Waals surface area contributed by atoms with E-state index in [-0.39, 0.29) is 11.6 Å². The highest BCUT2D eigenvalue weighted by Crippen LogP contribution is 2.28. The third-order valence-corrected chi connectivity index (χ3v) is 4.79. The van der Waals surface area contributed by atoms with Gasteiger partial charge in [-0.1, -0.05) is 18.2 Å². The molecular weight excluding hydrogens is 363 g/mol. The molecule has 4 nitrogen and oxygen atoms in total. The first-order valence-corrected chi connectivity index (χ1v) is 8.95. The maximum Gasteiger partial charge on any atom is 0.179 e. The number of carbonyl (C=O) groups is 1. The van der Waals surface area contributed by atoms with Gasteiger partial charge in [-0.15, -0.1) is 11.3 Å². The molecule has 1 aromatic heterocycles. The van der Waals surface area contributed by atoms with E-state index in [0.29, 0.717) is 16.3 Å².